The number of ether oxygens (including phenoxy) is 1. The van der Waals surface area contributed by atoms with E-state index in [9.17, 15) is 8.78 Å². The van der Waals surface area contributed by atoms with Gasteiger partial charge in [-0.25, -0.2) is 4.39 Å². The molecule has 0 radical (unpaired) electrons. The third kappa shape index (κ3) is 4.07. The first-order valence-electron chi connectivity index (χ1n) is 9.94. The molecule has 0 amide bonds. The average Bonchev–Trinajstić information content (AvgIpc) is 3.09. The first-order chi connectivity index (χ1) is 12.1. The van der Waals surface area contributed by atoms with Gasteiger partial charge in [0.25, 0.3) is 0 Å². The zero-order valence-electron chi connectivity index (χ0n) is 15.5. The van der Waals surface area contributed by atoms with Crippen molar-refractivity contribution in [2.45, 2.75) is 65.2 Å². The van der Waals surface area contributed by atoms with E-state index < -0.39 is 11.6 Å². The first-order valence-corrected chi connectivity index (χ1v) is 9.94. The number of rotatable bonds is 6. The Labute approximate surface area is 150 Å². The standard InChI is InChI=1S/C22H30F2O/c1-3-5-15-6-7-18(14-15)16-8-10-17(11-9-16)19-12-13-20(25-4-2)22(24)21(19)23/h10,12-13,15-16,18H,3-9,11,14H2,1-2H3. The van der Waals surface area contributed by atoms with E-state index in [1.165, 1.54) is 32.1 Å². The SMILES string of the molecule is CCCC1CCC(C2CC=C(c3ccc(OCC)c(F)c3F)CC2)C1. The van der Waals surface area contributed by atoms with Gasteiger partial charge in [0.15, 0.2) is 11.6 Å². The Morgan fingerprint density at radius 1 is 1.04 bits per heavy atom. The molecule has 1 aromatic rings. The van der Waals surface area contributed by atoms with Crippen LogP contribution >= 0.6 is 0 Å². The molecular weight excluding hydrogens is 318 g/mol. The molecule has 3 heteroatoms. The summed E-state index contributed by atoms with van der Waals surface area (Å²) in [6.07, 6.45) is 11.9. The molecule has 0 saturated heterocycles. The van der Waals surface area contributed by atoms with Crippen LogP contribution in [-0.4, -0.2) is 6.61 Å². The fourth-order valence-electron chi connectivity index (χ4n) is 4.79. The lowest BCUT2D eigenvalue weighted by Gasteiger charge is -2.27. The maximum atomic E-state index is 14.4. The van der Waals surface area contributed by atoms with Gasteiger partial charge >= 0.3 is 0 Å². The zero-order valence-corrected chi connectivity index (χ0v) is 15.5. The number of allylic oxidation sites excluding steroid dienone is 2. The lowest BCUT2D eigenvalue weighted by molar-refractivity contribution is 0.304. The van der Waals surface area contributed by atoms with Gasteiger partial charge in [-0.1, -0.05) is 32.3 Å². The number of hydrogen-bond donors (Lipinski definition) is 0. The molecule has 3 unspecified atom stereocenters. The molecular formula is C22H30F2O. The second kappa shape index (κ2) is 8.33. The van der Waals surface area contributed by atoms with Gasteiger partial charge in [-0.2, -0.15) is 4.39 Å². The highest BCUT2D eigenvalue weighted by molar-refractivity contribution is 5.67. The zero-order chi connectivity index (χ0) is 17.8. The molecule has 0 aliphatic heterocycles. The lowest BCUT2D eigenvalue weighted by atomic mass is 9.78. The van der Waals surface area contributed by atoms with E-state index in [2.05, 4.69) is 13.0 Å². The highest BCUT2D eigenvalue weighted by Gasteiger charge is 2.31. The van der Waals surface area contributed by atoms with Crippen molar-refractivity contribution in [3.05, 3.63) is 35.4 Å². The summed E-state index contributed by atoms with van der Waals surface area (Å²) >= 11 is 0. The minimum Gasteiger partial charge on any atom is -0.491 e. The number of halogens is 2. The van der Waals surface area contributed by atoms with Crippen LogP contribution in [-0.2, 0) is 0 Å². The number of hydrogen-bond acceptors (Lipinski definition) is 1. The van der Waals surface area contributed by atoms with E-state index in [-0.39, 0.29) is 5.75 Å². The molecule has 3 atom stereocenters. The average molecular weight is 348 g/mol. The van der Waals surface area contributed by atoms with Crippen molar-refractivity contribution in [3.8, 4) is 5.75 Å². The third-order valence-electron chi connectivity index (χ3n) is 6.09. The molecule has 138 valence electrons. The molecule has 1 nitrogen and oxygen atoms in total. The molecule has 2 aliphatic rings. The topological polar surface area (TPSA) is 9.23 Å². The molecule has 0 N–H and O–H groups in total. The minimum absolute atomic E-state index is 0.00552. The van der Waals surface area contributed by atoms with Crippen molar-refractivity contribution in [1.82, 2.24) is 0 Å². The first kappa shape index (κ1) is 18.4. The second-order valence-electron chi connectivity index (χ2n) is 7.66. The van der Waals surface area contributed by atoms with Crippen molar-refractivity contribution in [2.24, 2.45) is 17.8 Å². The number of benzene rings is 1. The van der Waals surface area contributed by atoms with Crippen molar-refractivity contribution >= 4 is 5.57 Å². The second-order valence-corrected chi connectivity index (χ2v) is 7.66. The van der Waals surface area contributed by atoms with E-state index in [0.29, 0.717) is 12.2 Å². The maximum Gasteiger partial charge on any atom is 0.201 e. The van der Waals surface area contributed by atoms with Gasteiger partial charge in [-0.05, 0) is 74.5 Å². The quantitative estimate of drug-likeness (QED) is 0.551. The van der Waals surface area contributed by atoms with E-state index in [1.807, 2.05) is 0 Å². The van der Waals surface area contributed by atoms with Gasteiger partial charge in [0.2, 0.25) is 5.82 Å². The van der Waals surface area contributed by atoms with Crippen LogP contribution in [0.1, 0.15) is 70.8 Å². The fourth-order valence-corrected chi connectivity index (χ4v) is 4.79. The smallest absolute Gasteiger partial charge is 0.201 e. The molecule has 1 fully saturated rings. The predicted octanol–water partition coefficient (Wildman–Crippen LogP) is 6.76. The van der Waals surface area contributed by atoms with Gasteiger partial charge < -0.3 is 4.74 Å². The Kier molecular flexibility index (Phi) is 6.14. The molecule has 0 aromatic heterocycles. The Hall–Kier alpha value is -1.38. The summed E-state index contributed by atoms with van der Waals surface area (Å²) < 4.78 is 33.7. The third-order valence-corrected chi connectivity index (χ3v) is 6.09. The van der Waals surface area contributed by atoms with Crippen LogP contribution in [0.2, 0.25) is 0 Å². The molecule has 0 heterocycles. The van der Waals surface area contributed by atoms with Crippen LogP contribution in [0.5, 0.6) is 5.75 Å². The minimum atomic E-state index is -0.861. The lowest BCUT2D eigenvalue weighted by Crippen LogP contribution is -2.15. The molecule has 2 aliphatic carbocycles. The fraction of sp³-hybridized carbons (Fsp3) is 0.636. The van der Waals surface area contributed by atoms with Crippen molar-refractivity contribution < 1.29 is 13.5 Å². The maximum absolute atomic E-state index is 14.4. The molecule has 1 saturated carbocycles. The Balaban J connectivity index is 1.66. The molecule has 0 bridgehead atoms. The summed E-state index contributed by atoms with van der Waals surface area (Å²) in [7, 11) is 0. The normalized spacial score (nSPS) is 26.6. The van der Waals surface area contributed by atoms with Crippen LogP contribution < -0.4 is 4.74 Å². The van der Waals surface area contributed by atoms with Crippen LogP contribution in [0.15, 0.2) is 18.2 Å². The van der Waals surface area contributed by atoms with E-state index in [4.69, 9.17) is 4.74 Å². The van der Waals surface area contributed by atoms with Crippen molar-refractivity contribution in [3.63, 3.8) is 0 Å². The molecule has 1 aromatic carbocycles. The summed E-state index contributed by atoms with van der Waals surface area (Å²) in [6, 6.07) is 3.22. The van der Waals surface area contributed by atoms with Crippen molar-refractivity contribution in [2.75, 3.05) is 6.61 Å². The summed E-state index contributed by atoms with van der Waals surface area (Å²) in [5, 5.41) is 0. The molecule has 3 rings (SSSR count). The van der Waals surface area contributed by atoms with Crippen LogP contribution in [0.3, 0.4) is 0 Å². The Morgan fingerprint density at radius 2 is 1.88 bits per heavy atom. The van der Waals surface area contributed by atoms with Gasteiger partial charge in [0, 0.05) is 5.56 Å². The highest BCUT2D eigenvalue weighted by Crippen LogP contribution is 2.44. The Bertz CT molecular complexity index is 623. The largest absolute Gasteiger partial charge is 0.491 e. The predicted molar refractivity (Wildman–Crippen MR) is 98.6 cm³/mol. The molecule has 25 heavy (non-hydrogen) atoms. The molecule has 0 spiro atoms. The van der Waals surface area contributed by atoms with Crippen LogP contribution in [0, 0.1) is 29.4 Å². The van der Waals surface area contributed by atoms with E-state index >= 15 is 0 Å². The van der Waals surface area contributed by atoms with Gasteiger partial charge in [-0.3, -0.25) is 0 Å². The monoisotopic (exact) mass is 348 g/mol. The van der Waals surface area contributed by atoms with Crippen LogP contribution in [0.4, 0.5) is 8.78 Å². The summed E-state index contributed by atoms with van der Waals surface area (Å²) in [4.78, 5) is 0. The van der Waals surface area contributed by atoms with Crippen molar-refractivity contribution in [1.29, 1.82) is 0 Å². The van der Waals surface area contributed by atoms with Gasteiger partial charge in [0.1, 0.15) is 0 Å². The van der Waals surface area contributed by atoms with Gasteiger partial charge in [0.05, 0.1) is 6.61 Å². The van der Waals surface area contributed by atoms with E-state index in [1.54, 1.807) is 19.1 Å². The summed E-state index contributed by atoms with van der Waals surface area (Å²) in [5.41, 5.74) is 1.37. The summed E-state index contributed by atoms with van der Waals surface area (Å²) in [6.45, 7) is 4.37. The Morgan fingerprint density at radius 3 is 2.56 bits per heavy atom. The van der Waals surface area contributed by atoms with Crippen LogP contribution in [0.25, 0.3) is 5.57 Å². The van der Waals surface area contributed by atoms with Gasteiger partial charge in [-0.15, -0.1) is 0 Å². The summed E-state index contributed by atoms with van der Waals surface area (Å²) in [5.74, 6) is 0.849. The van der Waals surface area contributed by atoms with E-state index in [0.717, 1.165) is 42.6 Å². The highest BCUT2D eigenvalue weighted by atomic mass is 19.2.